The van der Waals surface area contributed by atoms with Gasteiger partial charge in [-0.2, -0.15) is 30.6 Å². The summed E-state index contributed by atoms with van der Waals surface area (Å²) in [6.45, 7) is 3.38. The van der Waals surface area contributed by atoms with Crippen molar-refractivity contribution in [3.8, 4) is 0 Å². The number of amidine groups is 1. The molecule has 6 rings (SSSR count). The molecule has 3 aliphatic carbocycles. The quantitative estimate of drug-likeness (QED) is 0.284. The minimum atomic E-state index is -4.73. The topological polar surface area (TPSA) is 78.8 Å². The van der Waals surface area contributed by atoms with Crippen LogP contribution in [0.15, 0.2) is 58.4 Å². The van der Waals surface area contributed by atoms with Gasteiger partial charge in [-0.3, -0.25) is 9.79 Å². The van der Waals surface area contributed by atoms with E-state index in [0.717, 1.165) is 18.2 Å². The summed E-state index contributed by atoms with van der Waals surface area (Å²) in [5.74, 6) is 0.103. The van der Waals surface area contributed by atoms with Gasteiger partial charge in [0, 0.05) is 35.4 Å². The summed E-state index contributed by atoms with van der Waals surface area (Å²) >= 11 is 5.99. The fourth-order valence-corrected chi connectivity index (χ4v) is 8.44. The molecule has 0 radical (unpaired) electrons. The standard InChI is InChI=1S/C29H30ClF6N3O3S/c1-25(2)23(22(40)7-4-12-28(31,32)33)37-24(38-25)26-15-27(16-26,17-26)39(14-18-8-10-20(30)11-9-18)43(41,42)21-6-3-5-19(13-21)29(34,35)36/h3,5-6,8-11,13,23H,4,7,12,14-17H2,1-2H3,(H,37,38)/t23-,26?,27?/m0/s1. The lowest BCUT2D eigenvalue weighted by molar-refractivity contribution is -0.151. The maximum Gasteiger partial charge on any atom is 0.416 e. The first kappa shape index (κ1) is 31.8. The van der Waals surface area contributed by atoms with Crippen molar-refractivity contribution < 1.29 is 39.6 Å². The summed E-state index contributed by atoms with van der Waals surface area (Å²) in [7, 11) is -4.40. The number of nitrogens with zero attached hydrogens (tertiary/aromatic N) is 2. The van der Waals surface area contributed by atoms with Crippen LogP contribution in [0.4, 0.5) is 26.3 Å². The zero-order valence-electron chi connectivity index (χ0n) is 23.3. The van der Waals surface area contributed by atoms with Gasteiger partial charge in [-0.1, -0.05) is 29.8 Å². The Labute approximate surface area is 250 Å². The van der Waals surface area contributed by atoms with Crippen LogP contribution in [0, 0.1) is 5.41 Å². The summed E-state index contributed by atoms with van der Waals surface area (Å²) < 4.78 is 107. The number of nitrogens with one attached hydrogen (secondary N) is 1. The molecule has 0 unspecified atom stereocenters. The zero-order valence-corrected chi connectivity index (χ0v) is 24.9. The summed E-state index contributed by atoms with van der Waals surface area (Å²) in [5, 5.41) is 3.69. The number of rotatable bonds is 10. The third-order valence-electron chi connectivity index (χ3n) is 8.59. The van der Waals surface area contributed by atoms with Crippen molar-refractivity contribution >= 4 is 33.2 Å². The van der Waals surface area contributed by atoms with Crippen LogP contribution in [0.2, 0.25) is 5.02 Å². The molecular weight excluding hydrogens is 620 g/mol. The number of alkyl halides is 6. The van der Waals surface area contributed by atoms with E-state index in [9.17, 15) is 39.6 Å². The van der Waals surface area contributed by atoms with E-state index in [1.807, 2.05) is 0 Å². The molecule has 234 valence electrons. The molecule has 0 amide bonds. The van der Waals surface area contributed by atoms with Crippen molar-refractivity contribution in [2.75, 3.05) is 0 Å². The SMILES string of the molecule is CC1(C)NC(C23CC(N(Cc4ccc(Cl)cc4)S(=O)(=O)c4cccc(C(F)(F)F)c4)(C2)C3)=N[C@H]1C(=O)CCCC(F)(F)F. The van der Waals surface area contributed by atoms with Gasteiger partial charge in [0.05, 0.1) is 16.0 Å². The van der Waals surface area contributed by atoms with Crippen LogP contribution in [-0.2, 0) is 27.5 Å². The molecule has 4 aliphatic rings. The van der Waals surface area contributed by atoms with Gasteiger partial charge in [-0.05, 0) is 75.4 Å². The van der Waals surface area contributed by atoms with Crippen molar-refractivity contribution in [2.24, 2.45) is 10.4 Å². The first-order valence-electron chi connectivity index (χ1n) is 13.7. The Balaban J connectivity index is 1.39. The Morgan fingerprint density at radius 2 is 1.67 bits per heavy atom. The second-order valence-electron chi connectivity index (χ2n) is 12.4. The molecular formula is C29H30ClF6N3O3S. The molecule has 1 aliphatic heterocycles. The van der Waals surface area contributed by atoms with Gasteiger partial charge in [0.25, 0.3) is 0 Å². The predicted molar refractivity (Wildman–Crippen MR) is 148 cm³/mol. The van der Waals surface area contributed by atoms with Crippen molar-refractivity contribution in [1.82, 2.24) is 9.62 Å². The molecule has 1 N–H and O–H groups in total. The van der Waals surface area contributed by atoms with Crippen LogP contribution in [0.1, 0.15) is 63.5 Å². The van der Waals surface area contributed by atoms with Crippen molar-refractivity contribution in [3.63, 3.8) is 0 Å². The zero-order chi connectivity index (χ0) is 31.6. The number of sulfonamides is 1. The average Bonchev–Trinajstić information content (AvgIpc) is 3.16. The van der Waals surface area contributed by atoms with E-state index in [1.54, 1.807) is 38.1 Å². The van der Waals surface area contributed by atoms with E-state index in [2.05, 4.69) is 10.3 Å². The van der Waals surface area contributed by atoms with Crippen molar-refractivity contribution in [3.05, 3.63) is 64.7 Å². The molecule has 3 saturated carbocycles. The van der Waals surface area contributed by atoms with Crippen LogP contribution >= 0.6 is 11.6 Å². The smallest absolute Gasteiger partial charge is 0.366 e. The molecule has 0 spiro atoms. The number of halogens is 7. The minimum absolute atomic E-state index is 0.0997. The average molecular weight is 650 g/mol. The Bertz CT molecular complexity index is 1530. The van der Waals surface area contributed by atoms with Gasteiger partial charge < -0.3 is 5.32 Å². The predicted octanol–water partition coefficient (Wildman–Crippen LogP) is 6.92. The van der Waals surface area contributed by atoms with Gasteiger partial charge in [-0.25, -0.2) is 8.42 Å². The highest BCUT2D eigenvalue weighted by Gasteiger charge is 2.75. The number of carbonyl (C=O) groups excluding carboxylic acids is 1. The molecule has 1 heterocycles. The summed E-state index contributed by atoms with van der Waals surface area (Å²) in [5.41, 5.74) is -2.79. The van der Waals surface area contributed by atoms with Gasteiger partial charge in [-0.15, -0.1) is 0 Å². The van der Waals surface area contributed by atoms with Crippen LogP contribution in [0.5, 0.6) is 0 Å². The number of ketones is 1. The molecule has 0 aromatic heterocycles. The van der Waals surface area contributed by atoms with Crippen LogP contribution in [-0.4, -0.2) is 47.6 Å². The van der Waals surface area contributed by atoms with E-state index < -0.39 is 67.6 Å². The Morgan fingerprint density at radius 3 is 2.26 bits per heavy atom. The fraction of sp³-hybridized carbons (Fsp3) is 0.517. The van der Waals surface area contributed by atoms with Gasteiger partial charge >= 0.3 is 12.4 Å². The van der Waals surface area contributed by atoms with Gasteiger partial charge in [0.15, 0.2) is 5.78 Å². The Morgan fingerprint density at radius 1 is 1.05 bits per heavy atom. The van der Waals surface area contributed by atoms with E-state index in [0.29, 0.717) is 41.8 Å². The minimum Gasteiger partial charge on any atom is -0.366 e. The van der Waals surface area contributed by atoms with E-state index in [4.69, 9.17) is 11.6 Å². The number of benzene rings is 2. The Hall–Kier alpha value is -2.64. The molecule has 43 heavy (non-hydrogen) atoms. The van der Waals surface area contributed by atoms with Crippen LogP contribution in [0.3, 0.4) is 0 Å². The molecule has 2 bridgehead atoms. The number of carbonyl (C=O) groups is 1. The maximum absolute atomic E-state index is 13.9. The highest BCUT2D eigenvalue weighted by molar-refractivity contribution is 7.89. The second kappa shape index (κ2) is 10.5. The van der Waals surface area contributed by atoms with Gasteiger partial charge in [0.2, 0.25) is 10.0 Å². The van der Waals surface area contributed by atoms with Crippen LogP contribution in [0.25, 0.3) is 0 Å². The molecule has 6 nitrogen and oxygen atoms in total. The third kappa shape index (κ3) is 6.04. The molecule has 2 aromatic carbocycles. The molecule has 1 atom stereocenters. The first-order chi connectivity index (χ1) is 19.8. The summed E-state index contributed by atoms with van der Waals surface area (Å²) in [6.07, 6.45) is -9.79. The summed E-state index contributed by atoms with van der Waals surface area (Å²) in [6, 6.07) is 9.25. The lowest BCUT2D eigenvalue weighted by Crippen LogP contribution is -2.78. The number of Topliss-reactive ketones (excluding diaryl/α,β-unsaturated/α-hetero) is 1. The maximum atomic E-state index is 13.9. The van der Waals surface area contributed by atoms with E-state index in [-0.39, 0.29) is 19.4 Å². The number of hydrogen-bond acceptors (Lipinski definition) is 5. The van der Waals surface area contributed by atoms with Crippen molar-refractivity contribution in [2.45, 2.75) is 93.3 Å². The fourth-order valence-electron chi connectivity index (χ4n) is 6.51. The van der Waals surface area contributed by atoms with E-state index in [1.165, 1.54) is 4.31 Å². The lowest BCUT2D eigenvalue weighted by atomic mass is 9.38. The largest absolute Gasteiger partial charge is 0.416 e. The highest BCUT2D eigenvalue weighted by Crippen LogP contribution is 2.71. The third-order valence-corrected chi connectivity index (χ3v) is 10.8. The molecule has 0 saturated heterocycles. The number of aliphatic imine (C=N–C) groups is 1. The van der Waals surface area contributed by atoms with Gasteiger partial charge in [0.1, 0.15) is 11.9 Å². The molecule has 3 fully saturated rings. The highest BCUT2D eigenvalue weighted by atomic mass is 35.5. The normalized spacial score (nSPS) is 26.4. The Kier molecular flexibility index (Phi) is 7.74. The monoisotopic (exact) mass is 649 g/mol. The molecule has 2 aromatic rings. The number of hydrogen-bond donors (Lipinski definition) is 1. The van der Waals surface area contributed by atoms with Crippen LogP contribution < -0.4 is 5.32 Å². The van der Waals surface area contributed by atoms with Crippen molar-refractivity contribution in [1.29, 1.82) is 0 Å². The first-order valence-corrected chi connectivity index (χ1v) is 15.5. The van der Waals surface area contributed by atoms with E-state index >= 15 is 0 Å². The summed E-state index contributed by atoms with van der Waals surface area (Å²) in [4.78, 5) is 17.0. The second-order valence-corrected chi connectivity index (χ2v) is 14.7. The molecule has 14 heteroatoms. The lowest BCUT2D eigenvalue weighted by Gasteiger charge is -2.73.